The van der Waals surface area contributed by atoms with E-state index in [-0.39, 0.29) is 11.9 Å². The molecule has 0 bridgehead atoms. The van der Waals surface area contributed by atoms with Gasteiger partial charge >= 0.3 is 0 Å². The Morgan fingerprint density at radius 2 is 1.92 bits per heavy atom. The maximum absolute atomic E-state index is 12.2. The average Bonchev–Trinajstić information content (AvgIpc) is 3.01. The Morgan fingerprint density at radius 1 is 1.19 bits per heavy atom. The maximum Gasteiger partial charge on any atom is 0.220 e. The van der Waals surface area contributed by atoms with Gasteiger partial charge in [-0.15, -0.1) is 0 Å². The fraction of sp³-hybridized carbons (Fsp3) is 0.591. The van der Waals surface area contributed by atoms with Crippen LogP contribution in [-0.2, 0) is 11.2 Å². The van der Waals surface area contributed by atoms with E-state index in [1.165, 1.54) is 48.1 Å². The Balaban J connectivity index is 1.78. The Labute approximate surface area is 157 Å². The molecule has 1 N–H and O–H groups in total. The quantitative estimate of drug-likeness (QED) is 0.756. The molecule has 2 heterocycles. The van der Waals surface area contributed by atoms with Gasteiger partial charge in [0, 0.05) is 30.1 Å². The highest BCUT2D eigenvalue weighted by Crippen LogP contribution is 2.36. The summed E-state index contributed by atoms with van der Waals surface area (Å²) in [5, 5.41) is 1.33. The van der Waals surface area contributed by atoms with Crippen LogP contribution >= 0.6 is 0 Å². The summed E-state index contributed by atoms with van der Waals surface area (Å²) in [6.45, 7) is 10.5. The van der Waals surface area contributed by atoms with Gasteiger partial charge in [0.1, 0.15) is 0 Å². The van der Waals surface area contributed by atoms with Gasteiger partial charge in [-0.3, -0.25) is 4.79 Å². The highest BCUT2D eigenvalue weighted by molar-refractivity contribution is 5.86. The number of carbonyl (C=O) groups is 1. The largest absolute Gasteiger partial charge is 0.356 e. The first-order valence-corrected chi connectivity index (χ1v) is 10.2. The molecule has 1 aromatic heterocycles. The number of aromatic nitrogens is 1. The topological polar surface area (TPSA) is 39.3 Å². The predicted molar refractivity (Wildman–Crippen MR) is 108 cm³/mol. The number of amides is 1. The lowest BCUT2D eigenvalue weighted by atomic mass is 9.94. The fourth-order valence-electron chi connectivity index (χ4n) is 4.47. The maximum atomic E-state index is 12.2. The zero-order valence-electron chi connectivity index (χ0n) is 16.6. The molecule has 1 aliphatic rings. The Bertz CT molecular complexity index is 730. The SMILES string of the molecule is CCCN(CCC)CCCC1c2[nH]c3ccccc3c2CCN1C(C)=O. The smallest absolute Gasteiger partial charge is 0.220 e. The number of hydrogen-bond acceptors (Lipinski definition) is 2. The molecule has 1 unspecified atom stereocenters. The van der Waals surface area contributed by atoms with Crippen LogP contribution in [0.15, 0.2) is 24.3 Å². The number of nitrogens with one attached hydrogen (secondary N) is 1. The van der Waals surface area contributed by atoms with E-state index >= 15 is 0 Å². The highest BCUT2D eigenvalue weighted by atomic mass is 16.2. The Morgan fingerprint density at radius 3 is 2.62 bits per heavy atom. The second kappa shape index (κ2) is 8.72. The van der Waals surface area contributed by atoms with E-state index in [1.54, 1.807) is 6.92 Å². The molecule has 0 saturated heterocycles. The van der Waals surface area contributed by atoms with Crippen LogP contribution in [0.4, 0.5) is 0 Å². The van der Waals surface area contributed by atoms with E-state index in [0.717, 1.165) is 32.4 Å². The first kappa shape index (κ1) is 19.0. The van der Waals surface area contributed by atoms with Gasteiger partial charge in [0.2, 0.25) is 5.91 Å². The average molecular weight is 356 g/mol. The van der Waals surface area contributed by atoms with Gasteiger partial charge in [0.25, 0.3) is 0 Å². The molecule has 0 spiro atoms. The molecule has 1 amide bonds. The number of nitrogens with zero attached hydrogens (tertiary/aromatic N) is 2. The number of rotatable bonds is 8. The van der Waals surface area contributed by atoms with E-state index in [2.05, 4.69) is 52.9 Å². The number of H-pyrrole nitrogens is 1. The van der Waals surface area contributed by atoms with Crippen molar-refractivity contribution < 1.29 is 4.79 Å². The second-order valence-electron chi connectivity index (χ2n) is 7.52. The summed E-state index contributed by atoms with van der Waals surface area (Å²) in [6, 6.07) is 8.72. The summed E-state index contributed by atoms with van der Waals surface area (Å²) in [4.78, 5) is 20.5. The van der Waals surface area contributed by atoms with E-state index in [9.17, 15) is 4.79 Å². The lowest BCUT2D eigenvalue weighted by molar-refractivity contribution is -0.132. The minimum absolute atomic E-state index is 0.189. The zero-order chi connectivity index (χ0) is 18.5. The van der Waals surface area contributed by atoms with Gasteiger partial charge in [-0.1, -0.05) is 32.0 Å². The van der Waals surface area contributed by atoms with Crippen molar-refractivity contribution >= 4 is 16.8 Å². The number of hydrogen-bond donors (Lipinski definition) is 1. The van der Waals surface area contributed by atoms with E-state index in [0.29, 0.717) is 0 Å². The number of aromatic amines is 1. The molecule has 1 aliphatic heterocycles. The van der Waals surface area contributed by atoms with Crippen LogP contribution in [0.5, 0.6) is 0 Å². The van der Waals surface area contributed by atoms with Crippen LogP contribution in [0.2, 0.25) is 0 Å². The number of carbonyl (C=O) groups excluding carboxylic acids is 1. The number of benzene rings is 1. The van der Waals surface area contributed by atoms with Crippen molar-refractivity contribution in [3.63, 3.8) is 0 Å². The minimum atomic E-state index is 0.189. The normalized spacial score (nSPS) is 17.1. The summed E-state index contributed by atoms with van der Waals surface area (Å²) in [6.07, 6.45) is 5.52. The second-order valence-corrected chi connectivity index (χ2v) is 7.52. The van der Waals surface area contributed by atoms with Crippen molar-refractivity contribution in [1.29, 1.82) is 0 Å². The molecular weight excluding hydrogens is 322 g/mol. The van der Waals surface area contributed by atoms with E-state index in [1.807, 2.05) is 0 Å². The predicted octanol–water partition coefficient (Wildman–Crippen LogP) is 4.52. The van der Waals surface area contributed by atoms with Gasteiger partial charge < -0.3 is 14.8 Å². The van der Waals surface area contributed by atoms with Gasteiger partial charge in [-0.2, -0.15) is 0 Å². The van der Waals surface area contributed by atoms with Crippen molar-refractivity contribution in [2.24, 2.45) is 0 Å². The monoisotopic (exact) mass is 355 g/mol. The molecular formula is C22H33N3O. The van der Waals surface area contributed by atoms with Crippen LogP contribution in [0.3, 0.4) is 0 Å². The third kappa shape index (κ3) is 3.96. The molecule has 1 atom stereocenters. The molecule has 4 nitrogen and oxygen atoms in total. The molecule has 4 heteroatoms. The van der Waals surface area contributed by atoms with Crippen molar-refractivity contribution in [2.45, 2.75) is 58.9 Å². The van der Waals surface area contributed by atoms with Crippen molar-refractivity contribution in [1.82, 2.24) is 14.8 Å². The molecule has 0 aliphatic carbocycles. The van der Waals surface area contributed by atoms with E-state index < -0.39 is 0 Å². The molecule has 1 aromatic carbocycles. The molecule has 0 radical (unpaired) electrons. The lowest BCUT2D eigenvalue weighted by Gasteiger charge is -2.35. The minimum Gasteiger partial charge on any atom is -0.356 e. The Hall–Kier alpha value is -1.81. The fourth-order valence-corrected chi connectivity index (χ4v) is 4.47. The molecule has 2 aromatic rings. The Kier molecular flexibility index (Phi) is 6.36. The summed E-state index contributed by atoms with van der Waals surface area (Å²) >= 11 is 0. The van der Waals surface area contributed by atoms with Crippen LogP contribution in [-0.4, -0.2) is 46.9 Å². The van der Waals surface area contributed by atoms with Crippen molar-refractivity contribution in [2.75, 3.05) is 26.2 Å². The van der Waals surface area contributed by atoms with Crippen molar-refractivity contribution in [3.8, 4) is 0 Å². The van der Waals surface area contributed by atoms with Crippen LogP contribution in [0, 0.1) is 0 Å². The molecule has 0 saturated carbocycles. The third-order valence-corrected chi connectivity index (χ3v) is 5.59. The summed E-state index contributed by atoms with van der Waals surface area (Å²) in [5.74, 6) is 0.193. The van der Waals surface area contributed by atoms with E-state index in [4.69, 9.17) is 0 Å². The van der Waals surface area contributed by atoms with Crippen LogP contribution in [0.1, 0.15) is 63.8 Å². The molecule has 142 valence electrons. The standard InChI is InChI=1S/C22H33N3O/c1-4-13-24(14-5-2)15-8-11-21-22-19(12-16-25(21)17(3)26)18-9-6-7-10-20(18)23-22/h6-7,9-10,21,23H,4-5,8,11-16H2,1-3H3. The van der Waals surface area contributed by atoms with Crippen LogP contribution in [0.25, 0.3) is 10.9 Å². The molecule has 26 heavy (non-hydrogen) atoms. The summed E-state index contributed by atoms with van der Waals surface area (Å²) < 4.78 is 0. The van der Waals surface area contributed by atoms with Gasteiger partial charge in [-0.25, -0.2) is 0 Å². The number of fused-ring (bicyclic) bond motifs is 3. The molecule has 0 fully saturated rings. The van der Waals surface area contributed by atoms with Gasteiger partial charge in [0.15, 0.2) is 0 Å². The lowest BCUT2D eigenvalue weighted by Crippen LogP contribution is -2.39. The highest BCUT2D eigenvalue weighted by Gasteiger charge is 2.31. The molecule has 3 rings (SSSR count). The van der Waals surface area contributed by atoms with Gasteiger partial charge in [-0.05, 0) is 63.4 Å². The zero-order valence-corrected chi connectivity index (χ0v) is 16.6. The summed E-state index contributed by atoms with van der Waals surface area (Å²) in [5.41, 5.74) is 3.89. The summed E-state index contributed by atoms with van der Waals surface area (Å²) in [7, 11) is 0. The number of para-hydroxylation sites is 1. The third-order valence-electron chi connectivity index (χ3n) is 5.59. The first-order chi connectivity index (χ1) is 12.7. The first-order valence-electron chi connectivity index (χ1n) is 10.2. The van der Waals surface area contributed by atoms with Gasteiger partial charge in [0.05, 0.1) is 6.04 Å². The van der Waals surface area contributed by atoms with Crippen LogP contribution < -0.4 is 0 Å². The van der Waals surface area contributed by atoms with Crippen molar-refractivity contribution in [3.05, 3.63) is 35.5 Å².